The fourth-order valence-corrected chi connectivity index (χ4v) is 5.52. The molecule has 4 bridgehead atoms. The van der Waals surface area contributed by atoms with Gasteiger partial charge in [-0.05, 0) is 67.8 Å². The number of hydrogen-bond acceptors (Lipinski definition) is 1. The molecular weight excluding hydrogens is 321 g/mol. The van der Waals surface area contributed by atoms with E-state index in [1.165, 1.54) is 44.1 Å². The zero-order valence-electron chi connectivity index (χ0n) is 12.3. The normalized spacial score (nSPS) is 37.0. The SMILES string of the molecule is COc1ccccc1C12CC3CC(CC(C3)C1)C2.Cl.[Zn]. The second-order valence-electron chi connectivity index (χ2n) is 6.90. The minimum absolute atomic E-state index is 0. The van der Waals surface area contributed by atoms with E-state index < -0.39 is 0 Å². The van der Waals surface area contributed by atoms with E-state index in [0.717, 1.165) is 23.5 Å². The standard InChI is InChI=1S/C17H22O.ClH.Zn/c1-18-16-5-3-2-4-15(16)17-9-12-6-13(10-17)8-14(7-12)11-17;;/h2-5,12-14H,6-11H2,1H3;1H;. The molecule has 0 amide bonds. The third kappa shape index (κ3) is 2.44. The Kier molecular flexibility index (Phi) is 4.87. The molecule has 0 aromatic heterocycles. The molecule has 106 valence electrons. The van der Waals surface area contributed by atoms with Gasteiger partial charge in [-0.3, -0.25) is 0 Å². The molecule has 4 aliphatic rings. The van der Waals surface area contributed by atoms with Gasteiger partial charge in [-0.2, -0.15) is 0 Å². The molecule has 0 atom stereocenters. The molecule has 4 aliphatic carbocycles. The minimum atomic E-state index is 0. The predicted molar refractivity (Wildman–Crippen MR) is 80.1 cm³/mol. The summed E-state index contributed by atoms with van der Waals surface area (Å²) in [6.07, 6.45) is 8.77. The zero-order chi connectivity index (χ0) is 12.2. The van der Waals surface area contributed by atoms with Crippen molar-refractivity contribution in [1.82, 2.24) is 0 Å². The summed E-state index contributed by atoms with van der Waals surface area (Å²) in [5.41, 5.74) is 1.97. The molecule has 3 heteroatoms. The van der Waals surface area contributed by atoms with E-state index in [0.29, 0.717) is 5.41 Å². The van der Waals surface area contributed by atoms with E-state index >= 15 is 0 Å². The summed E-state index contributed by atoms with van der Waals surface area (Å²) in [5.74, 6) is 4.13. The van der Waals surface area contributed by atoms with Gasteiger partial charge in [0.15, 0.2) is 0 Å². The van der Waals surface area contributed by atoms with Crippen molar-refractivity contribution < 1.29 is 24.2 Å². The first-order valence-electron chi connectivity index (χ1n) is 7.42. The fraction of sp³-hybridized carbons (Fsp3) is 0.647. The zero-order valence-corrected chi connectivity index (χ0v) is 16.1. The van der Waals surface area contributed by atoms with Crippen molar-refractivity contribution in [2.24, 2.45) is 17.8 Å². The van der Waals surface area contributed by atoms with Crippen molar-refractivity contribution in [3.05, 3.63) is 29.8 Å². The van der Waals surface area contributed by atoms with Crippen LogP contribution < -0.4 is 4.74 Å². The van der Waals surface area contributed by atoms with Gasteiger partial charge in [0.05, 0.1) is 7.11 Å². The number of halogens is 1. The summed E-state index contributed by atoms with van der Waals surface area (Å²) in [4.78, 5) is 0. The second-order valence-corrected chi connectivity index (χ2v) is 6.90. The summed E-state index contributed by atoms with van der Waals surface area (Å²) in [5, 5.41) is 0. The van der Waals surface area contributed by atoms with E-state index in [1.807, 2.05) is 7.11 Å². The first kappa shape index (κ1) is 16.3. The van der Waals surface area contributed by atoms with E-state index in [-0.39, 0.29) is 31.9 Å². The van der Waals surface area contributed by atoms with Crippen LogP contribution in [-0.2, 0) is 24.9 Å². The van der Waals surface area contributed by atoms with Gasteiger partial charge in [-0.15, -0.1) is 12.4 Å². The van der Waals surface area contributed by atoms with Crippen molar-refractivity contribution in [3.63, 3.8) is 0 Å². The Bertz CT molecular complexity index is 439. The van der Waals surface area contributed by atoms with Crippen molar-refractivity contribution >= 4 is 12.4 Å². The number of ether oxygens (including phenoxy) is 1. The van der Waals surface area contributed by atoms with Gasteiger partial charge < -0.3 is 4.74 Å². The quantitative estimate of drug-likeness (QED) is 0.714. The Hall–Kier alpha value is -0.0666. The predicted octanol–water partition coefficient (Wildman–Crippen LogP) is 4.58. The fourth-order valence-electron chi connectivity index (χ4n) is 5.52. The summed E-state index contributed by atoms with van der Waals surface area (Å²) >= 11 is 0. The minimum Gasteiger partial charge on any atom is -0.496 e. The maximum absolute atomic E-state index is 5.63. The van der Waals surface area contributed by atoms with Crippen LogP contribution >= 0.6 is 12.4 Å². The molecule has 0 aliphatic heterocycles. The number of rotatable bonds is 2. The summed E-state index contributed by atoms with van der Waals surface area (Å²) in [7, 11) is 1.82. The third-order valence-electron chi connectivity index (χ3n) is 5.72. The molecule has 4 fully saturated rings. The van der Waals surface area contributed by atoms with E-state index in [1.54, 1.807) is 0 Å². The van der Waals surface area contributed by atoms with E-state index in [9.17, 15) is 0 Å². The largest absolute Gasteiger partial charge is 0.496 e. The Labute approximate surface area is 141 Å². The van der Waals surface area contributed by atoms with Gasteiger partial charge in [0.2, 0.25) is 0 Å². The molecule has 0 saturated heterocycles. The van der Waals surface area contributed by atoms with Crippen LogP contribution in [-0.4, -0.2) is 7.11 Å². The molecule has 0 radical (unpaired) electrons. The summed E-state index contributed by atoms with van der Waals surface area (Å²) < 4.78 is 5.63. The number of hydrogen-bond donors (Lipinski definition) is 0. The van der Waals surface area contributed by atoms with Crippen LogP contribution in [0.1, 0.15) is 44.1 Å². The smallest absolute Gasteiger partial charge is 0.122 e. The molecule has 1 aromatic carbocycles. The third-order valence-corrected chi connectivity index (χ3v) is 5.72. The van der Waals surface area contributed by atoms with E-state index in [2.05, 4.69) is 24.3 Å². The van der Waals surface area contributed by atoms with Crippen LogP contribution in [0.5, 0.6) is 5.75 Å². The second kappa shape index (κ2) is 5.97. The van der Waals surface area contributed by atoms with Crippen LogP contribution in [0.15, 0.2) is 24.3 Å². The van der Waals surface area contributed by atoms with Crippen LogP contribution in [0.2, 0.25) is 0 Å². The molecule has 1 nitrogen and oxygen atoms in total. The summed E-state index contributed by atoms with van der Waals surface area (Å²) in [6, 6.07) is 8.76. The van der Waals surface area contributed by atoms with Gasteiger partial charge >= 0.3 is 0 Å². The molecule has 4 saturated carbocycles. The maximum Gasteiger partial charge on any atom is 0.122 e. The number of benzene rings is 1. The average Bonchev–Trinajstić information content (AvgIpc) is 2.37. The Morgan fingerprint density at radius 1 is 0.950 bits per heavy atom. The monoisotopic (exact) mass is 342 g/mol. The van der Waals surface area contributed by atoms with Crippen LogP contribution in [0.4, 0.5) is 0 Å². The average molecular weight is 344 g/mol. The van der Waals surface area contributed by atoms with Crippen molar-refractivity contribution in [3.8, 4) is 5.75 Å². The van der Waals surface area contributed by atoms with Crippen molar-refractivity contribution in [2.75, 3.05) is 7.11 Å². The first-order valence-corrected chi connectivity index (χ1v) is 7.42. The maximum atomic E-state index is 5.63. The molecule has 0 N–H and O–H groups in total. The van der Waals surface area contributed by atoms with E-state index in [4.69, 9.17) is 4.74 Å². The van der Waals surface area contributed by atoms with Crippen molar-refractivity contribution in [2.45, 2.75) is 43.9 Å². The number of para-hydroxylation sites is 1. The van der Waals surface area contributed by atoms with Crippen LogP contribution in [0.3, 0.4) is 0 Å². The summed E-state index contributed by atoms with van der Waals surface area (Å²) in [6.45, 7) is 0. The van der Waals surface area contributed by atoms with Gasteiger partial charge in [0.1, 0.15) is 5.75 Å². The molecule has 5 rings (SSSR count). The van der Waals surface area contributed by atoms with Gasteiger partial charge in [-0.1, -0.05) is 18.2 Å². The molecule has 1 aromatic rings. The molecular formula is C17H23ClOZn. The molecule has 0 unspecified atom stereocenters. The Morgan fingerprint density at radius 3 is 1.95 bits per heavy atom. The number of methoxy groups -OCH3 is 1. The van der Waals surface area contributed by atoms with Gasteiger partial charge in [0.25, 0.3) is 0 Å². The molecule has 0 spiro atoms. The molecule has 20 heavy (non-hydrogen) atoms. The first-order chi connectivity index (χ1) is 8.79. The van der Waals surface area contributed by atoms with Crippen LogP contribution in [0.25, 0.3) is 0 Å². The van der Waals surface area contributed by atoms with Crippen molar-refractivity contribution in [1.29, 1.82) is 0 Å². The van der Waals surface area contributed by atoms with Gasteiger partial charge in [-0.25, -0.2) is 0 Å². The molecule has 0 heterocycles. The Balaban J connectivity index is 0.000000735. The van der Waals surface area contributed by atoms with Crippen LogP contribution in [0, 0.1) is 17.8 Å². The van der Waals surface area contributed by atoms with Gasteiger partial charge in [0, 0.05) is 25.0 Å². The Morgan fingerprint density at radius 2 is 1.45 bits per heavy atom. The topological polar surface area (TPSA) is 9.23 Å².